The van der Waals surface area contributed by atoms with Gasteiger partial charge in [-0.15, -0.1) is 0 Å². The predicted molar refractivity (Wildman–Crippen MR) is 72.1 cm³/mol. The van der Waals surface area contributed by atoms with Crippen LogP contribution in [0.15, 0.2) is 24.3 Å². The molecule has 1 N–H and O–H groups in total. The third-order valence-electron chi connectivity index (χ3n) is 2.52. The Morgan fingerprint density at radius 3 is 2.79 bits per heavy atom. The van der Waals surface area contributed by atoms with Gasteiger partial charge in [-0.1, -0.05) is 12.2 Å². The van der Waals surface area contributed by atoms with Crippen LogP contribution in [-0.2, 0) is 11.3 Å². The van der Waals surface area contributed by atoms with Crippen molar-refractivity contribution in [3.8, 4) is 17.0 Å². The second-order valence-electron chi connectivity index (χ2n) is 3.86. The van der Waals surface area contributed by atoms with E-state index in [1.165, 1.54) is 19.2 Å². The van der Waals surface area contributed by atoms with Crippen LogP contribution in [0, 0.1) is 10.5 Å². The van der Waals surface area contributed by atoms with Crippen LogP contribution in [0.3, 0.4) is 0 Å². The molecular formula is C13H13FN2O2S. The van der Waals surface area contributed by atoms with Crippen molar-refractivity contribution in [3.63, 3.8) is 0 Å². The zero-order valence-electron chi connectivity index (χ0n) is 10.6. The van der Waals surface area contributed by atoms with Gasteiger partial charge in [0, 0.05) is 12.7 Å². The number of aromatic amines is 1. The second-order valence-corrected chi connectivity index (χ2v) is 4.28. The summed E-state index contributed by atoms with van der Waals surface area (Å²) in [7, 11) is 3.09. The summed E-state index contributed by atoms with van der Waals surface area (Å²) in [5.74, 6) is 0.790. The highest BCUT2D eigenvalue weighted by Crippen LogP contribution is 2.29. The van der Waals surface area contributed by atoms with Crippen LogP contribution in [0.1, 0.15) is 5.82 Å². The second kappa shape index (κ2) is 5.90. The van der Waals surface area contributed by atoms with E-state index in [0.717, 1.165) is 0 Å². The number of nitrogens with zero attached hydrogens (tertiary/aromatic N) is 1. The molecule has 1 aromatic heterocycles. The lowest BCUT2D eigenvalue weighted by molar-refractivity contribution is 0.177. The molecule has 0 atom stereocenters. The largest absolute Gasteiger partial charge is 0.496 e. The number of aromatic nitrogens is 2. The maximum atomic E-state index is 13.4. The molecule has 1 heterocycles. The number of benzene rings is 1. The highest BCUT2D eigenvalue weighted by molar-refractivity contribution is 7.71. The molecule has 1 aromatic carbocycles. The van der Waals surface area contributed by atoms with Gasteiger partial charge in [0.2, 0.25) is 0 Å². The van der Waals surface area contributed by atoms with Crippen LogP contribution in [0.25, 0.3) is 11.3 Å². The molecule has 100 valence electrons. The van der Waals surface area contributed by atoms with E-state index in [2.05, 4.69) is 9.97 Å². The van der Waals surface area contributed by atoms with E-state index in [1.54, 1.807) is 19.2 Å². The van der Waals surface area contributed by atoms with Crippen molar-refractivity contribution in [1.29, 1.82) is 0 Å². The number of halogens is 1. The summed E-state index contributed by atoms with van der Waals surface area (Å²) >= 11 is 5.09. The van der Waals surface area contributed by atoms with Gasteiger partial charge in [-0.2, -0.15) is 0 Å². The molecule has 0 aliphatic carbocycles. The van der Waals surface area contributed by atoms with Crippen LogP contribution < -0.4 is 4.74 Å². The van der Waals surface area contributed by atoms with Gasteiger partial charge >= 0.3 is 0 Å². The first-order valence-corrected chi connectivity index (χ1v) is 5.98. The van der Waals surface area contributed by atoms with E-state index in [9.17, 15) is 4.39 Å². The Kier molecular flexibility index (Phi) is 4.24. The minimum Gasteiger partial charge on any atom is -0.496 e. The molecule has 0 bridgehead atoms. The first-order chi connectivity index (χ1) is 9.13. The van der Waals surface area contributed by atoms with Gasteiger partial charge in [-0.25, -0.2) is 9.37 Å². The molecule has 6 heteroatoms. The molecule has 0 spiro atoms. The lowest BCUT2D eigenvalue weighted by Crippen LogP contribution is -2.00. The lowest BCUT2D eigenvalue weighted by Gasteiger charge is -2.10. The Labute approximate surface area is 115 Å². The Hall–Kier alpha value is -1.79. The molecule has 2 rings (SSSR count). The Morgan fingerprint density at radius 1 is 1.32 bits per heavy atom. The number of hydrogen-bond acceptors (Lipinski definition) is 4. The van der Waals surface area contributed by atoms with E-state index in [0.29, 0.717) is 34.1 Å². The van der Waals surface area contributed by atoms with E-state index in [4.69, 9.17) is 21.7 Å². The molecule has 0 fully saturated rings. The first-order valence-electron chi connectivity index (χ1n) is 5.57. The summed E-state index contributed by atoms with van der Waals surface area (Å²) in [5.41, 5.74) is 1.23. The maximum absolute atomic E-state index is 13.4. The fourth-order valence-electron chi connectivity index (χ4n) is 1.75. The van der Waals surface area contributed by atoms with Gasteiger partial charge < -0.3 is 14.5 Å². The van der Waals surface area contributed by atoms with E-state index in [-0.39, 0.29) is 5.82 Å². The molecule has 19 heavy (non-hydrogen) atoms. The molecule has 0 saturated heterocycles. The number of hydrogen-bond donors (Lipinski definition) is 1. The standard InChI is InChI=1S/C13H13FN2O2S/c1-17-7-12-15-10(6-13(19)16-12)9-5-8(14)3-4-11(9)18-2/h3-6H,7H2,1-2H3,(H,15,16,19). The quantitative estimate of drug-likeness (QED) is 0.874. The average molecular weight is 280 g/mol. The lowest BCUT2D eigenvalue weighted by atomic mass is 10.1. The van der Waals surface area contributed by atoms with Gasteiger partial charge in [-0.3, -0.25) is 0 Å². The average Bonchev–Trinajstić information content (AvgIpc) is 2.38. The van der Waals surface area contributed by atoms with Crippen molar-refractivity contribution in [1.82, 2.24) is 9.97 Å². The summed E-state index contributed by atoms with van der Waals surface area (Å²) in [5, 5.41) is 0. The third-order valence-corrected chi connectivity index (χ3v) is 2.73. The first kappa shape index (κ1) is 13.6. The Morgan fingerprint density at radius 2 is 2.11 bits per heavy atom. The third kappa shape index (κ3) is 3.15. The molecule has 0 radical (unpaired) electrons. The number of ether oxygens (including phenoxy) is 2. The van der Waals surface area contributed by atoms with Crippen LogP contribution >= 0.6 is 12.2 Å². The van der Waals surface area contributed by atoms with Gasteiger partial charge in [0.25, 0.3) is 0 Å². The topological polar surface area (TPSA) is 47.1 Å². The van der Waals surface area contributed by atoms with E-state index in [1.807, 2.05) is 0 Å². The Balaban J connectivity index is 2.57. The number of methoxy groups -OCH3 is 2. The normalized spacial score (nSPS) is 10.5. The number of H-pyrrole nitrogens is 1. The van der Waals surface area contributed by atoms with Crippen molar-refractivity contribution in [2.24, 2.45) is 0 Å². The molecule has 0 unspecified atom stereocenters. The van der Waals surface area contributed by atoms with E-state index < -0.39 is 0 Å². The van der Waals surface area contributed by atoms with Crippen LogP contribution in [0.4, 0.5) is 4.39 Å². The molecule has 2 aromatic rings. The van der Waals surface area contributed by atoms with Crippen LogP contribution in [0.2, 0.25) is 0 Å². The van der Waals surface area contributed by atoms with Gasteiger partial charge in [0.15, 0.2) is 0 Å². The predicted octanol–water partition coefficient (Wildman–Crippen LogP) is 3.10. The van der Waals surface area contributed by atoms with Crippen molar-refractivity contribution in [2.45, 2.75) is 6.61 Å². The minimum atomic E-state index is -0.347. The maximum Gasteiger partial charge on any atom is 0.134 e. The minimum absolute atomic E-state index is 0.301. The summed E-state index contributed by atoms with van der Waals surface area (Å²) in [6.07, 6.45) is 0. The fourth-order valence-corrected chi connectivity index (χ4v) is 1.98. The Bertz CT molecular complexity index is 643. The highest BCUT2D eigenvalue weighted by atomic mass is 32.1. The zero-order valence-corrected chi connectivity index (χ0v) is 11.4. The van der Waals surface area contributed by atoms with Crippen molar-refractivity contribution >= 4 is 12.2 Å². The van der Waals surface area contributed by atoms with Crippen LogP contribution in [-0.4, -0.2) is 24.2 Å². The summed E-state index contributed by atoms with van der Waals surface area (Å²) < 4.78 is 24.0. The smallest absolute Gasteiger partial charge is 0.134 e. The summed E-state index contributed by atoms with van der Waals surface area (Å²) in [6.45, 7) is 0.301. The molecule has 0 aliphatic heterocycles. The van der Waals surface area contributed by atoms with Gasteiger partial charge in [-0.05, 0) is 24.3 Å². The molecule has 4 nitrogen and oxygen atoms in total. The van der Waals surface area contributed by atoms with Crippen molar-refractivity contribution in [3.05, 3.63) is 40.5 Å². The molecule has 0 amide bonds. The van der Waals surface area contributed by atoms with E-state index >= 15 is 0 Å². The SMILES string of the molecule is COCc1nc(=S)cc(-c2cc(F)ccc2OC)[nH]1. The van der Waals surface area contributed by atoms with Crippen LogP contribution in [0.5, 0.6) is 5.75 Å². The van der Waals surface area contributed by atoms with Gasteiger partial charge in [0.1, 0.15) is 28.6 Å². The monoisotopic (exact) mass is 280 g/mol. The highest BCUT2D eigenvalue weighted by Gasteiger charge is 2.09. The van der Waals surface area contributed by atoms with Crippen molar-refractivity contribution in [2.75, 3.05) is 14.2 Å². The number of rotatable bonds is 4. The molecular weight excluding hydrogens is 267 g/mol. The summed E-state index contributed by atoms with van der Waals surface area (Å²) in [6, 6.07) is 5.95. The van der Waals surface area contributed by atoms with Crippen molar-refractivity contribution < 1.29 is 13.9 Å². The molecule has 0 saturated carbocycles. The summed E-state index contributed by atoms with van der Waals surface area (Å²) in [4.78, 5) is 7.18. The fraction of sp³-hybridized carbons (Fsp3) is 0.231. The zero-order chi connectivity index (χ0) is 13.8. The number of nitrogens with one attached hydrogen (secondary N) is 1. The van der Waals surface area contributed by atoms with Gasteiger partial charge in [0.05, 0.1) is 12.8 Å². The molecule has 0 aliphatic rings.